The van der Waals surface area contributed by atoms with E-state index in [1.807, 2.05) is 13.8 Å². The molecule has 0 spiro atoms. The Bertz CT molecular complexity index is 298. The molecule has 2 aliphatic heterocycles. The van der Waals surface area contributed by atoms with Gasteiger partial charge in [-0.15, -0.1) is 0 Å². The van der Waals surface area contributed by atoms with Crippen LogP contribution in [0.25, 0.3) is 0 Å². The summed E-state index contributed by atoms with van der Waals surface area (Å²) in [6.45, 7) is 14.0. The summed E-state index contributed by atoms with van der Waals surface area (Å²) >= 11 is 0. The first-order valence-electron chi connectivity index (χ1n) is 7.85. The Morgan fingerprint density at radius 2 is 1.15 bits per heavy atom. The Kier molecular flexibility index (Phi) is 4.80. The van der Waals surface area contributed by atoms with Crippen LogP contribution in [-0.4, -0.2) is 37.0 Å². The van der Waals surface area contributed by atoms with Crippen molar-refractivity contribution in [3.8, 4) is 0 Å². The second-order valence-corrected chi connectivity index (χ2v) is 7.40. The molecule has 4 unspecified atom stereocenters. The minimum absolute atomic E-state index is 0.0206. The van der Waals surface area contributed by atoms with Crippen LogP contribution in [0.3, 0.4) is 0 Å². The molecule has 2 saturated heterocycles. The van der Waals surface area contributed by atoms with E-state index < -0.39 is 11.6 Å². The molecule has 2 aliphatic rings. The normalized spacial score (nSPS) is 42.0. The summed E-state index contributed by atoms with van der Waals surface area (Å²) < 4.78 is 24.0. The average molecular weight is 286 g/mol. The summed E-state index contributed by atoms with van der Waals surface area (Å²) in [6, 6.07) is 0. The monoisotopic (exact) mass is 286 g/mol. The largest absolute Gasteiger partial charge is 0.347 e. The highest BCUT2D eigenvalue weighted by atomic mass is 16.8. The van der Waals surface area contributed by atoms with Crippen LogP contribution in [0.15, 0.2) is 0 Å². The van der Waals surface area contributed by atoms with Crippen LogP contribution in [0.1, 0.15) is 54.4 Å². The molecule has 0 aliphatic carbocycles. The third-order valence-corrected chi connectivity index (χ3v) is 3.88. The van der Waals surface area contributed by atoms with E-state index in [0.717, 1.165) is 12.8 Å². The first kappa shape index (κ1) is 16.2. The van der Waals surface area contributed by atoms with Gasteiger partial charge in [-0.1, -0.05) is 27.7 Å². The van der Waals surface area contributed by atoms with Crippen molar-refractivity contribution in [3.05, 3.63) is 0 Å². The third-order valence-electron chi connectivity index (χ3n) is 3.88. The Labute approximate surface area is 123 Å². The van der Waals surface area contributed by atoms with Gasteiger partial charge in [-0.25, -0.2) is 0 Å². The fourth-order valence-corrected chi connectivity index (χ4v) is 3.36. The van der Waals surface area contributed by atoms with Gasteiger partial charge >= 0.3 is 0 Å². The van der Waals surface area contributed by atoms with E-state index in [1.54, 1.807) is 0 Å². The maximum absolute atomic E-state index is 6.11. The lowest BCUT2D eigenvalue weighted by atomic mass is 10.0. The van der Waals surface area contributed by atoms with Crippen LogP contribution in [0.4, 0.5) is 0 Å². The highest BCUT2D eigenvalue weighted by Crippen LogP contribution is 2.37. The molecule has 4 nitrogen and oxygen atoms in total. The van der Waals surface area contributed by atoms with Gasteiger partial charge in [0.1, 0.15) is 12.2 Å². The average Bonchev–Trinajstić information content (AvgIpc) is 2.81. The van der Waals surface area contributed by atoms with Crippen LogP contribution >= 0.6 is 0 Å². The van der Waals surface area contributed by atoms with E-state index in [-0.39, 0.29) is 12.2 Å². The molecule has 0 saturated carbocycles. The second-order valence-electron chi connectivity index (χ2n) is 7.40. The smallest absolute Gasteiger partial charge is 0.166 e. The number of hydrogen-bond donors (Lipinski definition) is 0. The van der Waals surface area contributed by atoms with Crippen LogP contribution in [0, 0.1) is 11.8 Å². The summed E-state index contributed by atoms with van der Waals surface area (Å²) in [6.07, 6.45) is 1.77. The highest BCUT2D eigenvalue weighted by molar-refractivity contribution is 4.86. The van der Waals surface area contributed by atoms with E-state index >= 15 is 0 Å². The zero-order valence-electron chi connectivity index (χ0n) is 13.8. The summed E-state index contributed by atoms with van der Waals surface area (Å²) in [5.41, 5.74) is 0. The van der Waals surface area contributed by atoms with Crippen molar-refractivity contribution in [1.29, 1.82) is 0 Å². The molecular formula is C16H30O4. The molecule has 0 aromatic heterocycles. The molecule has 0 bridgehead atoms. The summed E-state index contributed by atoms with van der Waals surface area (Å²) in [5.74, 6) is 0.148. The standard InChI is InChI=1S/C16H30O4/c1-11(2)7-15(5)17-9-13(19-15)14-10-18-16(6,20-14)8-12(3)4/h11-14H,7-10H2,1-6H3. The Morgan fingerprint density at radius 1 is 0.800 bits per heavy atom. The number of rotatable bonds is 5. The molecule has 0 radical (unpaired) electrons. The van der Waals surface area contributed by atoms with Crippen LogP contribution in [-0.2, 0) is 18.9 Å². The van der Waals surface area contributed by atoms with Gasteiger partial charge in [-0.2, -0.15) is 0 Å². The van der Waals surface area contributed by atoms with Crippen molar-refractivity contribution in [1.82, 2.24) is 0 Å². The summed E-state index contributed by atoms with van der Waals surface area (Å²) in [7, 11) is 0. The predicted molar refractivity (Wildman–Crippen MR) is 77.4 cm³/mol. The van der Waals surface area contributed by atoms with E-state index in [2.05, 4.69) is 27.7 Å². The van der Waals surface area contributed by atoms with Crippen molar-refractivity contribution in [2.24, 2.45) is 11.8 Å². The third kappa shape index (κ3) is 3.94. The maximum atomic E-state index is 6.11. The first-order chi connectivity index (χ1) is 9.21. The van der Waals surface area contributed by atoms with E-state index in [9.17, 15) is 0 Å². The zero-order valence-corrected chi connectivity index (χ0v) is 13.8. The number of hydrogen-bond acceptors (Lipinski definition) is 4. The lowest BCUT2D eigenvalue weighted by Crippen LogP contribution is -2.36. The van der Waals surface area contributed by atoms with Gasteiger partial charge in [-0.3, -0.25) is 0 Å². The maximum Gasteiger partial charge on any atom is 0.166 e. The van der Waals surface area contributed by atoms with E-state index in [4.69, 9.17) is 18.9 Å². The van der Waals surface area contributed by atoms with Gasteiger partial charge in [0.25, 0.3) is 0 Å². The van der Waals surface area contributed by atoms with Crippen molar-refractivity contribution in [2.75, 3.05) is 13.2 Å². The zero-order chi connectivity index (χ0) is 15.0. The quantitative estimate of drug-likeness (QED) is 0.776. The Balaban J connectivity index is 1.89. The van der Waals surface area contributed by atoms with Crippen LogP contribution in [0.2, 0.25) is 0 Å². The molecular weight excluding hydrogens is 256 g/mol. The molecule has 4 heteroatoms. The molecule has 0 aromatic rings. The Morgan fingerprint density at radius 3 is 1.45 bits per heavy atom. The topological polar surface area (TPSA) is 36.9 Å². The van der Waals surface area contributed by atoms with Crippen molar-refractivity contribution in [3.63, 3.8) is 0 Å². The molecule has 2 rings (SSSR count). The molecule has 0 amide bonds. The second kappa shape index (κ2) is 5.91. The molecule has 0 aromatic carbocycles. The molecule has 20 heavy (non-hydrogen) atoms. The van der Waals surface area contributed by atoms with Crippen molar-refractivity contribution in [2.45, 2.75) is 78.2 Å². The predicted octanol–water partition coefficient (Wildman–Crippen LogP) is 3.34. The van der Waals surface area contributed by atoms with Gasteiger partial charge in [0.2, 0.25) is 0 Å². The van der Waals surface area contributed by atoms with Crippen molar-refractivity contribution >= 4 is 0 Å². The van der Waals surface area contributed by atoms with E-state index in [1.165, 1.54) is 0 Å². The van der Waals surface area contributed by atoms with E-state index in [0.29, 0.717) is 25.0 Å². The van der Waals surface area contributed by atoms with Crippen molar-refractivity contribution < 1.29 is 18.9 Å². The fraction of sp³-hybridized carbons (Fsp3) is 1.00. The van der Waals surface area contributed by atoms with Crippen LogP contribution < -0.4 is 0 Å². The molecule has 118 valence electrons. The number of ether oxygens (including phenoxy) is 4. The highest BCUT2D eigenvalue weighted by Gasteiger charge is 2.47. The fourth-order valence-electron chi connectivity index (χ4n) is 3.36. The molecule has 4 atom stereocenters. The minimum atomic E-state index is -0.473. The minimum Gasteiger partial charge on any atom is -0.347 e. The van der Waals surface area contributed by atoms with Gasteiger partial charge in [-0.05, 0) is 25.7 Å². The summed E-state index contributed by atoms with van der Waals surface area (Å²) in [4.78, 5) is 0. The van der Waals surface area contributed by atoms with Gasteiger partial charge < -0.3 is 18.9 Å². The first-order valence-corrected chi connectivity index (χ1v) is 7.85. The lowest BCUT2D eigenvalue weighted by molar-refractivity contribution is -0.196. The van der Waals surface area contributed by atoms with Gasteiger partial charge in [0, 0.05) is 12.8 Å². The van der Waals surface area contributed by atoms with Gasteiger partial charge in [0.15, 0.2) is 11.6 Å². The molecule has 2 fully saturated rings. The Hall–Kier alpha value is -0.160. The molecule has 2 heterocycles. The summed E-state index contributed by atoms with van der Waals surface area (Å²) in [5, 5.41) is 0. The molecule has 0 N–H and O–H groups in total. The SMILES string of the molecule is CC(C)CC1(C)OCC(C2COC(C)(CC(C)C)O2)O1. The lowest BCUT2D eigenvalue weighted by Gasteiger charge is -2.28. The van der Waals surface area contributed by atoms with Crippen LogP contribution in [0.5, 0.6) is 0 Å². The van der Waals surface area contributed by atoms with Gasteiger partial charge in [0.05, 0.1) is 13.2 Å².